The molecular weight excluding hydrogens is 172 g/mol. The SMILES string of the molecule is CCSC1=CC(C(C)=O)=COC1. The Balaban J connectivity index is 2.67. The Labute approximate surface area is 76.7 Å². The molecule has 0 unspecified atom stereocenters. The molecule has 0 amide bonds. The van der Waals surface area contributed by atoms with Crippen LogP contribution in [-0.2, 0) is 9.53 Å². The van der Waals surface area contributed by atoms with Gasteiger partial charge in [0.25, 0.3) is 0 Å². The molecule has 0 N–H and O–H groups in total. The van der Waals surface area contributed by atoms with E-state index < -0.39 is 0 Å². The van der Waals surface area contributed by atoms with Crippen LogP contribution in [0.25, 0.3) is 0 Å². The summed E-state index contributed by atoms with van der Waals surface area (Å²) >= 11 is 1.72. The molecule has 0 aromatic carbocycles. The van der Waals surface area contributed by atoms with Crippen LogP contribution >= 0.6 is 11.8 Å². The highest BCUT2D eigenvalue weighted by molar-refractivity contribution is 8.03. The molecule has 0 aromatic rings. The van der Waals surface area contributed by atoms with Crippen molar-refractivity contribution in [1.29, 1.82) is 0 Å². The first-order valence-corrected chi connectivity index (χ1v) is 4.88. The third-order valence-corrected chi connectivity index (χ3v) is 2.38. The maximum atomic E-state index is 10.9. The van der Waals surface area contributed by atoms with E-state index in [4.69, 9.17) is 4.74 Å². The molecule has 0 saturated carbocycles. The lowest BCUT2D eigenvalue weighted by molar-refractivity contribution is -0.113. The average Bonchev–Trinajstić information content (AvgIpc) is 2.05. The molecule has 0 fully saturated rings. The highest BCUT2D eigenvalue weighted by Gasteiger charge is 2.08. The van der Waals surface area contributed by atoms with Crippen LogP contribution in [0.1, 0.15) is 13.8 Å². The molecule has 2 nitrogen and oxygen atoms in total. The molecule has 0 aromatic heterocycles. The van der Waals surface area contributed by atoms with E-state index in [1.807, 2.05) is 6.08 Å². The van der Waals surface area contributed by atoms with E-state index >= 15 is 0 Å². The summed E-state index contributed by atoms with van der Waals surface area (Å²) in [6.07, 6.45) is 3.43. The van der Waals surface area contributed by atoms with Gasteiger partial charge in [0.1, 0.15) is 6.61 Å². The Kier molecular flexibility index (Phi) is 3.41. The standard InChI is InChI=1S/C9H12O2S/c1-3-12-9-4-8(7(2)10)5-11-6-9/h4-5H,3,6H2,1-2H3. The van der Waals surface area contributed by atoms with Gasteiger partial charge < -0.3 is 4.74 Å². The quantitative estimate of drug-likeness (QED) is 0.672. The van der Waals surface area contributed by atoms with Crippen molar-refractivity contribution < 1.29 is 9.53 Å². The molecule has 0 bridgehead atoms. The highest BCUT2D eigenvalue weighted by Crippen LogP contribution is 2.21. The molecule has 1 aliphatic rings. The summed E-state index contributed by atoms with van der Waals surface area (Å²) in [5.41, 5.74) is 0.664. The van der Waals surface area contributed by atoms with Gasteiger partial charge in [0.05, 0.1) is 11.8 Å². The van der Waals surface area contributed by atoms with Gasteiger partial charge in [-0.05, 0) is 18.8 Å². The number of ether oxygens (including phenoxy) is 1. The second kappa shape index (κ2) is 4.36. The first kappa shape index (κ1) is 9.39. The van der Waals surface area contributed by atoms with Gasteiger partial charge in [-0.3, -0.25) is 4.79 Å². The Morgan fingerprint density at radius 2 is 2.50 bits per heavy atom. The van der Waals surface area contributed by atoms with Crippen LogP contribution in [0, 0.1) is 0 Å². The van der Waals surface area contributed by atoms with Gasteiger partial charge in [0.2, 0.25) is 0 Å². The molecule has 66 valence electrons. The van der Waals surface area contributed by atoms with E-state index in [1.165, 1.54) is 6.26 Å². The number of ketones is 1. The van der Waals surface area contributed by atoms with E-state index in [2.05, 4.69) is 6.92 Å². The Hall–Kier alpha value is -0.700. The highest BCUT2D eigenvalue weighted by atomic mass is 32.2. The van der Waals surface area contributed by atoms with Crippen LogP contribution in [-0.4, -0.2) is 18.1 Å². The van der Waals surface area contributed by atoms with E-state index in [9.17, 15) is 4.79 Å². The summed E-state index contributed by atoms with van der Waals surface area (Å²) in [5.74, 6) is 1.07. The molecule has 0 saturated heterocycles. The summed E-state index contributed by atoms with van der Waals surface area (Å²) in [7, 11) is 0. The lowest BCUT2D eigenvalue weighted by Gasteiger charge is -2.11. The fourth-order valence-corrected chi connectivity index (χ4v) is 1.65. The molecule has 1 heterocycles. The molecular formula is C9H12O2S. The van der Waals surface area contributed by atoms with Gasteiger partial charge in [-0.1, -0.05) is 6.92 Å². The van der Waals surface area contributed by atoms with Crippen molar-refractivity contribution >= 4 is 17.5 Å². The molecule has 0 aliphatic carbocycles. The van der Waals surface area contributed by atoms with Gasteiger partial charge >= 0.3 is 0 Å². The van der Waals surface area contributed by atoms with E-state index in [1.54, 1.807) is 18.7 Å². The Morgan fingerprint density at radius 3 is 3.08 bits per heavy atom. The number of hydrogen-bond donors (Lipinski definition) is 0. The van der Waals surface area contributed by atoms with E-state index in [0.29, 0.717) is 12.2 Å². The maximum absolute atomic E-state index is 10.9. The summed E-state index contributed by atoms with van der Waals surface area (Å²) < 4.78 is 5.14. The minimum Gasteiger partial charge on any atom is -0.495 e. The van der Waals surface area contributed by atoms with Gasteiger partial charge in [-0.2, -0.15) is 0 Å². The van der Waals surface area contributed by atoms with E-state index in [-0.39, 0.29) is 5.78 Å². The minimum absolute atomic E-state index is 0.0592. The third-order valence-electron chi connectivity index (χ3n) is 1.49. The smallest absolute Gasteiger partial charge is 0.162 e. The van der Waals surface area contributed by atoms with Crippen LogP contribution in [0.15, 0.2) is 22.8 Å². The van der Waals surface area contributed by atoms with Crippen LogP contribution < -0.4 is 0 Å². The number of thioether (sulfide) groups is 1. The Bertz CT molecular complexity index is 241. The van der Waals surface area contributed by atoms with Crippen molar-refractivity contribution in [2.24, 2.45) is 0 Å². The fraction of sp³-hybridized carbons (Fsp3) is 0.444. The third kappa shape index (κ3) is 2.41. The van der Waals surface area contributed by atoms with E-state index in [0.717, 1.165) is 10.7 Å². The number of carbonyl (C=O) groups is 1. The van der Waals surface area contributed by atoms with Gasteiger partial charge in [-0.25, -0.2) is 0 Å². The zero-order valence-electron chi connectivity index (χ0n) is 7.29. The number of allylic oxidation sites excluding steroid dienone is 2. The largest absolute Gasteiger partial charge is 0.495 e. The van der Waals surface area contributed by atoms with Crippen molar-refractivity contribution in [1.82, 2.24) is 0 Å². The molecule has 0 atom stereocenters. The molecule has 1 rings (SSSR count). The predicted octanol–water partition coefficient (Wildman–Crippen LogP) is 2.13. The number of rotatable bonds is 3. The summed E-state index contributed by atoms with van der Waals surface area (Å²) in [6.45, 7) is 4.23. The van der Waals surface area contributed by atoms with Gasteiger partial charge in [-0.15, -0.1) is 11.8 Å². The molecule has 3 heteroatoms. The normalized spacial score (nSPS) is 16.2. The minimum atomic E-state index is 0.0592. The lowest BCUT2D eigenvalue weighted by Crippen LogP contribution is -2.03. The second-order valence-electron chi connectivity index (χ2n) is 2.48. The summed E-state index contributed by atoms with van der Waals surface area (Å²) in [4.78, 5) is 12.1. The first-order valence-electron chi connectivity index (χ1n) is 3.90. The molecule has 12 heavy (non-hydrogen) atoms. The van der Waals surface area contributed by atoms with Gasteiger partial charge in [0.15, 0.2) is 5.78 Å². The van der Waals surface area contributed by atoms with Crippen molar-refractivity contribution in [3.8, 4) is 0 Å². The first-order chi connectivity index (χ1) is 5.74. The van der Waals surface area contributed by atoms with Crippen molar-refractivity contribution in [2.75, 3.05) is 12.4 Å². The lowest BCUT2D eigenvalue weighted by atomic mass is 10.2. The zero-order chi connectivity index (χ0) is 8.97. The van der Waals surface area contributed by atoms with Crippen molar-refractivity contribution in [3.63, 3.8) is 0 Å². The summed E-state index contributed by atoms with van der Waals surface area (Å²) in [5, 5.41) is 0. The predicted molar refractivity (Wildman–Crippen MR) is 50.9 cm³/mol. The fourth-order valence-electron chi connectivity index (χ4n) is 0.916. The van der Waals surface area contributed by atoms with Crippen molar-refractivity contribution in [2.45, 2.75) is 13.8 Å². The van der Waals surface area contributed by atoms with Crippen LogP contribution in [0.4, 0.5) is 0 Å². The number of hydrogen-bond acceptors (Lipinski definition) is 3. The van der Waals surface area contributed by atoms with Crippen LogP contribution in [0.5, 0.6) is 0 Å². The summed E-state index contributed by atoms with van der Waals surface area (Å²) in [6, 6.07) is 0. The maximum Gasteiger partial charge on any atom is 0.162 e. The van der Waals surface area contributed by atoms with Crippen LogP contribution in [0.3, 0.4) is 0 Å². The monoisotopic (exact) mass is 184 g/mol. The molecule has 0 spiro atoms. The van der Waals surface area contributed by atoms with Crippen molar-refractivity contribution in [3.05, 3.63) is 22.8 Å². The number of carbonyl (C=O) groups excluding carboxylic acids is 1. The molecule has 0 radical (unpaired) electrons. The molecule has 1 aliphatic heterocycles. The van der Waals surface area contributed by atoms with Gasteiger partial charge in [0, 0.05) is 4.91 Å². The average molecular weight is 184 g/mol. The van der Waals surface area contributed by atoms with Crippen LogP contribution in [0.2, 0.25) is 0 Å². The zero-order valence-corrected chi connectivity index (χ0v) is 8.11. The Morgan fingerprint density at radius 1 is 1.75 bits per heavy atom. The topological polar surface area (TPSA) is 26.3 Å². The number of Topliss-reactive ketones (excluding diaryl/α,β-unsaturated/α-hetero) is 1. The second-order valence-corrected chi connectivity index (χ2v) is 3.87.